The number of thiophene rings is 1. The molecule has 0 aromatic carbocycles. The molecule has 3 rings (SSSR count). The minimum absolute atomic E-state index is 0.165. The van der Waals surface area contributed by atoms with Gasteiger partial charge in [-0.3, -0.25) is 4.90 Å². The predicted molar refractivity (Wildman–Crippen MR) is 69.4 cm³/mol. The first-order valence-electron chi connectivity index (χ1n) is 6.45. The van der Waals surface area contributed by atoms with Crippen molar-refractivity contribution in [3.8, 4) is 5.75 Å². The van der Waals surface area contributed by atoms with Crippen LogP contribution in [0.1, 0.15) is 37.6 Å². The molecular formula is C13H19NO3S. The molecule has 0 radical (unpaired) electrons. The third kappa shape index (κ3) is 1.77. The molecule has 0 bridgehead atoms. The third-order valence-corrected chi connectivity index (χ3v) is 5.25. The average molecular weight is 269 g/mol. The SMILES string of the molecule is CC1(C)Oc2cc[s+]([O-])c2C(N2CCCC2)C1O. The van der Waals surface area contributed by atoms with Gasteiger partial charge in [-0.15, -0.1) is 0 Å². The fourth-order valence-corrected chi connectivity index (χ4v) is 4.20. The van der Waals surface area contributed by atoms with E-state index in [1.54, 1.807) is 11.4 Å². The van der Waals surface area contributed by atoms with Gasteiger partial charge in [0.05, 0.1) is 0 Å². The summed E-state index contributed by atoms with van der Waals surface area (Å²) in [6.45, 7) is 5.71. The molecule has 1 saturated heterocycles. The zero-order chi connectivity index (χ0) is 12.9. The second-order valence-electron chi connectivity index (χ2n) is 5.67. The van der Waals surface area contributed by atoms with Crippen molar-refractivity contribution in [2.75, 3.05) is 13.1 Å². The second-order valence-corrected chi connectivity index (χ2v) is 6.97. The van der Waals surface area contributed by atoms with Crippen molar-refractivity contribution < 1.29 is 14.4 Å². The maximum Gasteiger partial charge on any atom is 0.211 e. The standard InChI is InChI=1S/C13H19NO3S/c1-13(2)12(15)10(14-6-3-4-7-14)11-9(17-13)5-8-18(11)16/h5,8,10,12,15H,3-4,6-7H2,1-2H3. The number of hydrogen-bond donors (Lipinski definition) is 1. The molecule has 0 amide bonds. The summed E-state index contributed by atoms with van der Waals surface area (Å²) in [5.41, 5.74) is -0.634. The number of hydrogen-bond acceptors (Lipinski definition) is 4. The number of aliphatic hydroxyl groups excluding tert-OH is 1. The van der Waals surface area contributed by atoms with E-state index in [9.17, 15) is 9.66 Å². The Morgan fingerprint density at radius 2 is 2.11 bits per heavy atom. The van der Waals surface area contributed by atoms with Crippen molar-refractivity contribution in [1.29, 1.82) is 0 Å². The smallest absolute Gasteiger partial charge is 0.211 e. The van der Waals surface area contributed by atoms with Gasteiger partial charge in [0.1, 0.15) is 23.1 Å². The van der Waals surface area contributed by atoms with Crippen LogP contribution in [-0.4, -0.2) is 39.4 Å². The molecule has 0 aliphatic carbocycles. The van der Waals surface area contributed by atoms with Crippen LogP contribution in [0.15, 0.2) is 11.4 Å². The van der Waals surface area contributed by atoms with Gasteiger partial charge < -0.3 is 14.4 Å². The highest BCUT2D eigenvalue weighted by atomic mass is 32.2. The van der Waals surface area contributed by atoms with Gasteiger partial charge in [0, 0.05) is 6.07 Å². The van der Waals surface area contributed by atoms with Gasteiger partial charge in [0.2, 0.25) is 4.88 Å². The van der Waals surface area contributed by atoms with Crippen molar-refractivity contribution in [1.82, 2.24) is 4.90 Å². The minimum atomic E-state index is -1.15. The van der Waals surface area contributed by atoms with Crippen LogP contribution >= 0.6 is 10.8 Å². The Hall–Kier alpha value is -0.620. The minimum Gasteiger partial charge on any atom is -0.590 e. The van der Waals surface area contributed by atoms with E-state index in [-0.39, 0.29) is 6.04 Å². The Bertz CT molecular complexity index is 451. The van der Waals surface area contributed by atoms with Gasteiger partial charge in [0.25, 0.3) is 0 Å². The quantitative estimate of drug-likeness (QED) is 0.793. The molecule has 1 aromatic rings. The van der Waals surface area contributed by atoms with Crippen LogP contribution in [0, 0.1) is 0 Å². The number of likely N-dealkylation sites (tertiary alicyclic amines) is 1. The Labute approximate surface area is 110 Å². The number of fused-ring (bicyclic) bond motifs is 1. The summed E-state index contributed by atoms with van der Waals surface area (Å²) in [5, 5.41) is 12.2. The summed E-state index contributed by atoms with van der Waals surface area (Å²) in [6, 6.07) is 1.62. The van der Waals surface area contributed by atoms with Crippen LogP contribution in [0.5, 0.6) is 5.75 Å². The topological polar surface area (TPSA) is 55.8 Å². The first-order valence-corrected chi connectivity index (χ1v) is 7.66. The van der Waals surface area contributed by atoms with E-state index < -0.39 is 22.5 Å². The number of ether oxygens (including phenoxy) is 1. The third-order valence-electron chi connectivity index (χ3n) is 3.99. The van der Waals surface area contributed by atoms with Crippen LogP contribution in [-0.2, 0) is 0 Å². The zero-order valence-electron chi connectivity index (χ0n) is 10.8. The van der Waals surface area contributed by atoms with Crippen molar-refractivity contribution in [2.24, 2.45) is 0 Å². The summed E-state index contributed by atoms with van der Waals surface area (Å²) in [7, 11) is -1.15. The van der Waals surface area contributed by atoms with Gasteiger partial charge in [-0.1, -0.05) is 0 Å². The molecular weight excluding hydrogens is 250 g/mol. The highest BCUT2D eigenvalue weighted by Crippen LogP contribution is 2.49. The van der Waals surface area contributed by atoms with Crippen LogP contribution in [0.3, 0.4) is 0 Å². The molecule has 100 valence electrons. The van der Waals surface area contributed by atoms with E-state index in [4.69, 9.17) is 4.74 Å². The zero-order valence-corrected chi connectivity index (χ0v) is 11.6. The average Bonchev–Trinajstić information content (AvgIpc) is 2.92. The second kappa shape index (κ2) is 4.20. The summed E-state index contributed by atoms with van der Waals surface area (Å²) < 4.78 is 17.9. The molecule has 4 nitrogen and oxygen atoms in total. The molecule has 5 heteroatoms. The molecule has 0 saturated carbocycles. The summed E-state index contributed by atoms with van der Waals surface area (Å²) >= 11 is 0. The normalized spacial score (nSPS) is 32.1. The lowest BCUT2D eigenvalue weighted by molar-refractivity contribution is -0.0879. The fraction of sp³-hybridized carbons (Fsp3) is 0.692. The molecule has 3 atom stereocenters. The first-order chi connectivity index (χ1) is 8.50. The molecule has 1 N–H and O–H groups in total. The number of nitrogens with zero attached hydrogens (tertiary/aromatic N) is 1. The lowest BCUT2D eigenvalue weighted by atomic mass is 9.90. The van der Waals surface area contributed by atoms with Crippen LogP contribution in [0.4, 0.5) is 0 Å². The Kier molecular flexibility index (Phi) is 2.90. The molecule has 1 fully saturated rings. The lowest BCUT2D eigenvalue weighted by Crippen LogP contribution is -2.52. The van der Waals surface area contributed by atoms with E-state index in [2.05, 4.69) is 4.90 Å². The lowest BCUT2D eigenvalue weighted by Gasteiger charge is -2.42. The molecule has 18 heavy (non-hydrogen) atoms. The highest BCUT2D eigenvalue weighted by molar-refractivity contribution is 7.24. The van der Waals surface area contributed by atoms with E-state index in [0.717, 1.165) is 30.8 Å². The van der Waals surface area contributed by atoms with Crippen molar-refractivity contribution in [2.45, 2.75) is 44.4 Å². The summed E-state index contributed by atoms with van der Waals surface area (Å²) in [6.07, 6.45) is 1.65. The Morgan fingerprint density at radius 3 is 2.78 bits per heavy atom. The van der Waals surface area contributed by atoms with E-state index in [1.165, 1.54) is 0 Å². The highest BCUT2D eigenvalue weighted by Gasteiger charge is 2.50. The molecule has 3 unspecified atom stereocenters. The first kappa shape index (κ1) is 12.4. The number of aliphatic hydroxyl groups is 1. The molecule has 1 aromatic heterocycles. The van der Waals surface area contributed by atoms with Crippen LogP contribution in [0.25, 0.3) is 0 Å². The van der Waals surface area contributed by atoms with E-state index in [0.29, 0.717) is 5.75 Å². The van der Waals surface area contributed by atoms with Crippen LogP contribution < -0.4 is 4.74 Å². The van der Waals surface area contributed by atoms with Crippen molar-refractivity contribution >= 4 is 10.8 Å². The van der Waals surface area contributed by atoms with E-state index in [1.807, 2.05) is 13.8 Å². The van der Waals surface area contributed by atoms with Crippen molar-refractivity contribution in [3.05, 3.63) is 16.3 Å². The van der Waals surface area contributed by atoms with E-state index >= 15 is 0 Å². The monoisotopic (exact) mass is 269 g/mol. The summed E-state index contributed by atoms with van der Waals surface area (Å²) in [4.78, 5) is 3.00. The van der Waals surface area contributed by atoms with Crippen molar-refractivity contribution in [3.63, 3.8) is 0 Å². The summed E-state index contributed by atoms with van der Waals surface area (Å²) in [5.74, 6) is 0.695. The Morgan fingerprint density at radius 1 is 1.44 bits per heavy atom. The Balaban J connectivity index is 2.05. The van der Waals surface area contributed by atoms with Crippen LogP contribution in [0.2, 0.25) is 0 Å². The molecule has 3 heterocycles. The molecule has 0 spiro atoms. The predicted octanol–water partition coefficient (Wildman–Crippen LogP) is 2.08. The largest absolute Gasteiger partial charge is 0.590 e. The maximum absolute atomic E-state index is 12.1. The van der Waals surface area contributed by atoms with Gasteiger partial charge in [-0.2, -0.15) is 0 Å². The fourth-order valence-electron chi connectivity index (χ4n) is 2.98. The maximum atomic E-state index is 12.1. The van der Waals surface area contributed by atoms with Gasteiger partial charge in [0.15, 0.2) is 5.75 Å². The molecule has 2 aliphatic heterocycles. The van der Waals surface area contributed by atoms with Gasteiger partial charge in [-0.25, -0.2) is 0 Å². The molecule has 2 aliphatic rings. The number of rotatable bonds is 1. The van der Waals surface area contributed by atoms with Gasteiger partial charge >= 0.3 is 0 Å². The van der Waals surface area contributed by atoms with Gasteiger partial charge in [-0.05, 0) is 50.5 Å².